The van der Waals surface area contributed by atoms with Gasteiger partial charge in [-0.05, 0) is 36.4 Å². The molecular weight excluding hydrogens is 282 g/mol. The van der Waals surface area contributed by atoms with Gasteiger partial charge in [-0.1, -0.05) is 38.4 Å². The predicted molar refractivity (Wildman–Crippen MR) is 89.2 cm³/mol. The molecule has 0 aliphatic rings. The number of anilines is 1. The van der Waals surface area contributed by atoms with E-state index < -0.39 is 0 Å². The first-order chi connectivity index (χ1) is 9.86. The van der Waals surface area contributed by atoms with E-state index in [1.807, 2.05) is 42.5 Å². The van der Waals surface area contributed by atoms with Crippen LogP contribution in [0.25, 0.3) is 16.7 Å². The normalized spacial score (nSPS) is 12.0. The van der Waals surface area contributed by atoms with E-state index in [1.165, 1.54) is 0 Å². The van der Waals surface area contributed by atoms with Crippen molar-refractivity contribution in [3.63, 3.8) is 0 Å². The van der Waals surface area contributed by atoms with Gasteiger partial charge in [-0.3, -0.25) is 4.57 Å². The van der Waals surface area contributed by atoms with Crippen molar-refractivity contribution >= 4 is 28.3 Å². The number of nitrogens with two attached hydrogens (primary N) is 1. The molecule has 0 fully saturated rings. The van der Waals surface area contributed by atoms with Crippen LogP contribution < -0.4 is 5.73 Å². The van der Waals surface area contributed by atoms with Crippen LogP contribution >= 0.6 is 11.6 Å². The van der Waals surface area contributed by atoms with Crippen molar-refractivity contribution in [2.24, 2.45) is 0 Å². The Morgan fingerprint density at radius 3 is 2.52 bits per heavy atom. The average molecular weight is 300 g/mol. The summed E-state index contributed by atoms with van der Waals surface area (Å²) in [6.07, 6.45) is 0. The molecule has 0 bridgehead atoms. The Morgan fingerprint density at radius 1 is 1.10 bits per heavy atom. The molecule has 0 saturated carbocycles. The van der Waals surface area contributed by atoms with E-state index in [-0.39, 0.29) is 5.41 Å². The summed E-state index contributed by atoms with van der Waals surface area (Å²) >= 11 is 6.15. The highest BCUT2D eigenvalue weighted by atomic mass is 35.5. The molecule has 4 heteroatoms. The lowest BCUT2D eigenvalue weighted by atomic mass is 9.95. The minimum atomic E-state index is -0.0872. The fraction of sp³-hybridized carbons (Fsp3) is 0.235. The standard InChI is InChI=1S/C17H18ClN3/c1-17(2,3)16-20-14-10-12(19)7-8-15(14)21(16)13-6-4-5-11(18)9-13/h4-10H,19H2,1-3H3. The van der Waals surface area contributed by atoms with Crippen molar-refractivity contribution in [1.82, 2.24) is 9.55 Å². The fourth-order valence-electron chi connectivity index (χ4n) is 2.48. The van der Waals surface area contributed by atoms with E-state index in [0.717, 1.165) is 28.2 Å². The summed E-state index contributed by atoms with van der Waals surface area (Å²) in [5.74, 6) is 0.991. The van der Waals surface area contributed by atoms with Crippen LogP contribution in [-0.2, 0) is 5.41 Å². The summed E-state index contributed by atoms with van der Waals surface area (Å²) in [4.78, 5) is 4.79. The topological polar surface area (TPSA) is 43.8 Å². The van der Waals surface area contributed by atoms with Crippen LogP contribution in [0.2, 0.25) is 5.02 Å². The van der Waals surface area contributed by atoms with Crippen molar-refractivity contribution in [2.75, 3.05) is 5.73 Å². The first-order valence-corrected chi connectivity index (χ1v) is 7.28. The van der Waals surface area contributed by atoms with Crippen LogP contribution in [0, 0.1) is 0 Å². The summed E-state index contributed by atoms with van der Waals surface area (Å²) in [7, 11) is 0. The Hall–Kier alpha value is -2.00. The first kappa shape index (κ1) is 14.0. The van der Waals surface area contributed by atoms with Crippen molar-refractivity contribution < 1.29 is 0 Å². The number of halogens is 1. The molecule has 0 spiro atoms. The lowest BCUT2D eigenvalue weighted by Crippen LogP contribution is -2.18. The number of imidazole rings is 1. The molecule has 21 heavy (non-hydrogen) atoms. The first-order valence-electron chi connectivity index (χ1n) is 6.91. The molecule has 3 rings (SSSR count). The molecule has 3 aromatic rings. The Morgan fingerprint density at radius 2 is 1.86 bits per heavy atom. The molecule has 1 heterocycles. The maximum absolute atomic E-state index is 6.15. The van der Waals surface area contributed by atoms with Crippen LogP contribution in [0.15, 0.2) is 42.5 Å². The van der Waals surface area contributed by atoms with Gasteiger partial charge in [0.25, 0.3) is 0 Å². The molecular formula is C17H18ClN3. The second-order valence-electron chi connectivity index (χ2n) is 6.25. The summed E-state index contributed by atoms with van der Waals surface area (Å²) in [5, 5.41) is 0.713. The lowest BCUT2D eigenvalue weighted by Gasteiger charge is -2.20. The van der Waals surface area contributed by atoms with Crippen LogP contribution in [-0.4, -0.2) is 9.55 Å². The van der Waals surface area contributed by atoms with Crippen molar-refractivity contribution in [3.05, 3.63) is 53.3 Å². The number of nitrogen functional groups attached to an aromatic ring is 1. The van der Waals surface area contributed by atoms with Gasteiger partial charge in [0.15, 0.2) is 0 Å². The summed E-state index contributed by atoms with van der Waals surface area (Å²) < 4.78 is 2.15. The molecule has 1 aromatic heterocycles. The number of fused-ring (bicyclic) bond motifs is 1. The second-order valence-corrected chi connectivity index (χ2v) is 6.69. The largest absolute Gasteiger partial charge is 0.399 e. The molecule has 2 N–H and O–H groups in total. The molecule has 108 valence electrons. The molecule has 0 aliphatic carbocycles. The highest BCUT2D eigenvalue weighted by Crippen LogP contribution is 2.31. The monoisotopic (exact) mass is 299 g/mol. The predicted octanol–water partition coefficient (Wildman–Crippen LogP) is 4.56. The highest BCUT2D eigenvalue weighted by Gasteiger charge is 2.23. The van der Waals surface area contributed by atoms with Crippen molar-refractivity contribution in [2.45, 2.75) is 26.2 Å². The third kappa shape index (κ3) is 2.49. The highest BCUT2D eigenvalue weighted by molar-refractivity contribution is 6.30. The van der Waals surface area contributed by atoms with Crippen molar-refractivity contribution in [1.29, 1.82) is 0 Å². The van der Waals surface area contributed by atoms with Gasteiger partial charge < -0.3 is 5.73 Å². The van der Waals surface area contributed by atoms with E-state index >= 15 is 0 Å². The molecule has 0 amide bonds. The summed E-state index contributed by atoms with van der Waals surface area (Å²) in [6.45, 7) is 6.45. The van der Waals surface area contributed by atoms with Gasteiger partial charge in [-0.2, -0.15) is 0 Å². The number of benzene rings is 2. The summed E-state index contributed by atoms with van der Waals surface area (Å²) in [5.41, 5.74) is 9.47. The lowest BCUT2D eigenvalue weighted by molar-refractivity contribution is 0.539. The molecule has 2 aromatic carbocycles. The maximum Gasteiger partial charge on any atom is 0.119 e. The Bertz CT molecular complexity index is 813. The second kappa shape index (κ2) is 4.78. The Balaban J connectivity index is 2.38. The Labute approximate surface area is 129 Å². The molecule has 0 saturated heterocycles. The van der Waals surface area contributed by atoms with Gasteiger partial charge in [0.05, 0.1) is 11.0 Å². The van der Waals surface area contributed by atoms with E-state index in [9.17, 15) is 0 Å². The van der Waals surface area contributed by atoms with Crippen LogP contribution in [0.1, 0.15) is 26.6 Å². The molecule has 3 nitrogen and oxygen atoms in total. The SMILES string of the molecule is CC(C)(C)c1nc2cc(N)ccc2n1-c1cccc(Cl)c1. The zero-order chi connectivity index (χ0) is 15.2. The Kier molecular flexibility index (Phi) is 3.18. The van der Waals surface area contributed by atoms with Crippen LogP contribution in [0.3, 0.4) is 0 Å². The fourth-order valence-corrected chi connectivity index (χ4v) is 2.66. The van der Waals surface area contributed by atoms with E-state index in [4.69, 9.17) is 22.3 Å². The molecule has 0 aliphatic heterocycles. The number of hydrogen-bond acceptors (Lipinski definition) is 2. The number of aromatic nitrogens is 2. The van der Waals surface area contributed by atoms with Crippen LogP contribution in [0.4, 0.5) is 5.69 Å². The maximum atomic E-state index is 6.15. The number of nitrogens with zero attached hydrogens (tertiary/aromatic N) is 2. The number of hydrogen-bond donors (Lipinski definition) is 1. The quantitative estimate of drug-likeness (QED) is 0.669. The minimum Gasteiger partial charge on any atom is -0.399 e. The smallest absolute Gasteiger partial charge is 0.119 e. The van der Waals surface area contributed by atoms with Gasteiger partial charge in [-0.15, -0.1) is 0 Å². The molecule has 0 radical (unpaired) electrons. The summed E-state index contributed by atoms with van der Waals surface area (Å²) in [6, 6.07) is 13.6. The van der Waals surface area contributed by atoms with Crippen molar-refractivity contribution in [3.8, 4) is 5.69 Å². The van der Waals surface area contributed by atoms with E-state index in [2.05, 4.69) is 25.3 Å². The zero-order valence-electron chi connectivity index (χ0n) is 12.4. The van der Waals surface area contributed by atoms with Gasteiger partial charge in [-0.25, -0.2) is 4.98 Å². The van der Waals surface area contributed by atoms with Crippen LogP contribution in [0.5, 0.6) is 0 Å². The van der Waals surface area contributed by atoms with Gasteiger partial charge in [0.1, 0.15) is 5.82 Å². The van der Waals surface area contributed by atoms with E-state index in [0.29, 0.717) is 5.02 Å². The van der Waals surface area contributed by atoms with Gasteiger partial charge in [0.2, 0.25) is 0 Å². The zero-order valence-corrected chi connectivity index (χ0v) is 13.1. The number of rotatable bonds is 1. The van der Waals surface area contributed by atoms with Gasteiger partial charge >= 0.3 is 0 Å². The third-order valence-corrected chi connectivity index (χ3v) is 3.65. The minimum absolute atomic E-state index is 0.0872. The van der Waals surface area contributed by atoms with E-state index in [1.54, 1.807) is 0 Å². The molecule has 0 atom stereocenters. The molecule has 0 unspecified atom stereocenters. The average Bonchev–Trinajstić information content (AvgIpc) is 2.77. The van der Waals surface area contributed by atoms with Gasteiger partial charge in [0, 0.05) is 21.8 Å². The third-order valence-electron chi connectivity index (χ3n) is 3.42.